The SMILES string of the molecule is Cc1ncsc1-c1ccc(CCC(=O)[C@@H]2CC(=O)CN2C(=O)[C@H](C(C)C)N2Cc3ccccc3C2=O)cc1. The van der Waals surface area contributed by atoms with Crippen molar-refractivity contribution in [3.8, 4) is 10.4 Å². The summed E-state index contributed by atoms with van der Waals surface area (Å²) in [5.74, 6) is -0.926. The van der Waals surface area contributed by atoms with Gasteiger partial charge in [0.25, 0.3) is 5.91 Å². The van der Waals surface area contributed by atoms with Crippen molar-refractivity contribution < 1.29 is 19.2 Å². The summed E-state index contributed by atoms with van der Waals surface area (Å²) in [4.78, 5) is 61.1. The number of hydrogen-bond acceptors (Lipinski definition) is 6. The Hall–Kier alpha value is -3.65. The zero-order chi connectivity index (χ0) is 27.0. The first kappa shape index (κ1) is 26.0. The molecule has 1 fully saturated rings. The van der Waals surface area contributed by atoms with Gasteiger partial charge in [0.15, 0.2) is 11.6 Å². The topological polar surface area (TPSA) is 87.7 Å². The van der Waals surface area contributed by atoms with E-state index in [4.69, 9.17) is 0 Å². The summed E-state index contributed by atoms with van der Waals surface area (Å²) in [5, 5.41) is 0. The van der Waals surface area contributed by atoms with Crippen LogP contribution in [0.5, 0.6) is 0 Å². The van der Waals surface area contributed by atoms with Gasteiger partial charge in [-0.05, 0) is 42.0 Å². The Morgan fingerprint density at radius 3 is 2.45 bits per heavy atom. The maximum Gasteiger partial charge on any atom is 0.255 e. The average Bonchev–Trinajstić information content (AvgIpc) is 3.60. The van der Waals surface area contributed by atoms with Crippen LogP contribution in [-0.4, -0.2) is 56.8 Å². The van der Waals surface area contributed by atoms with Crippen molar-refractivity contribution in [1.82, 2.24) is 14.8 Å². The average molecular weight is 530 g/mol. The lowest BCUT2D eigenvalue weighted by molar-refractivity contribution is -0.143. The van der Waals surface area contributed by atoms with Crippen molar-refractivity contribution in [2.45, 2.75) is 58.7 Å². The van der Waals surface area contributed by atoms with E-state index in [9.17, 15) is 19.2 Å². The summed E-state index contributed by atoms with van der Waals surface area (Å²) in [6.45, 7) is 6.03. The van der Waals surface area contributed by atoms with E-state index in [0.29, 0.717) is 18.5 Å². The molecule has 196 valence electrons. The van der Waals surface area contributed by atoms with Gasteiger partial charge in [-0.1, -0.05) is 56.3 Å². The van der Waals surface area contributed by atoms with Gasteiger partial charge in [0.2, 0.25) is 5.91 Å². The summed E-state index contributed by atoms with van der Waals surface area (Å²) in [7, 11) is 0. The van der Waals surface area contributed by atoms with Crippen LogP contribution in [0.4, 0.5) is 0 Å². The molecule has 3 heterocycles. The van der Waals surface area contributed by atoms with Crippen LogP contribution in [-0.2, 0) is 27.3 Å². The van der Waals surface area contributed by atoms with E-state index >= 15 is 0 Å². The van der Waals surface area contributed by atoms with Crippen molar-refractivity contribution in [3.05, 3.63) is 76.4 Å². The fourth-order valence-electron chi connectivity index (χ4n) is 5.50. The molecule has 7 nitrogen and oxygen atoms in total. The zero-order valence-electron chi connectivity index (χ0n) is 21.8. The van der Waals surface area contributed by atoms with Gasteiger partial charge in [0.05, 0.1) is 28.7 Å². The number of ketones is 2. The number of rotatable bonds is 8. The number of likely N-dealkylation sites (tertiary alicyclic amines) is 1. The van der Waals surface area contributed by atoms with Crippen LogP contribution in [0.25, 0.3) is 10.4 Å². The monoisotopic (exact) mass is 529 g/mol. The lowest BCUT2D eigenvalue weighted by atomic mass is 9.98. The number of thiazole rings is 1. The first-order valence-corrected chi connectivity index (χ1v) is 13.9. The van der Waals surface area contributed by atoms with E-state index in [2.05, 4.69) is 4.98 Å². The van der Waals surface area contributed by atoms with Gasteiger partial charge in [-0.15, -0.1) is 11.3 Å². The van der Waals surface area contributed by atoms with Crippen molar-refractivity contribution in [2.24, 2.45) is 5.92 Å². The highest BCUT2D eigenvalue weighted by atomic mass is 32.1. The molecule has 1 saturated heterocycles. The van der Waals surface area contributed by atoms with Crippen LogP contribution in [0.1, 0.15) is 53.9 Å². The van der Waals surface area contributed by atoms with Crippen LogP contribution in [0.2, 0.25) is 0 Å². The molecule has 2 aromatic carbocycles. The number of amides is 2. The quantitative estimate of drug-likeness (QED) is 0.430. The van der Waals surface area contributed by atoms with Gasteiger partial charge in [-0.2, -0.15) is 0 Å². The molecule has 0 spiro atoms. The zero-order valence-corrected chi connectivity index (χ0v) is 22.7. The summed E-state index contributed by atoms with van der Waals surface area (Å²) in [5.41, 5.74) is 6.43. The fourth-order valence-corrected chi connectivity index (χ4v) is 6.31. The Bertz CT molecular complexity index is 1390. The summed E-state index contributed by atoms with van der Waals surface area (Å²) in [6.07, 6.45) is 0.801. The van der Waals surface area contributed by atoms with Crippen LogP contribution in [0.3, 0.4) is 0 Å². The first-order valence-electron chi connectivity index (χ1n) is 13.0. The molecular weight excluding hydrogens is 498 g/mol. The number of aryl methyl sites for hydroxylation is 2. The lowest BCUT2D eigenvalue weighted by Gasteiger charge is -2.34. The largest absolute Gasteiger partial charge is 0.323 e. The van der Waals surface area contributed by atoms with Crippen molar-refractivity contribution >= 4 is 34.7 Å². The second kappa shape index (κ2) is 10.6. The standard InChI is InChI=1S/C30H31N3O4S/c1-18(2)27(33-15-22-6-4-5-7-24(22)29(33)36)30(37)32-16-23(34)14-25(32)26(35)13-10-20-8-11-21(12-9-20)28-19(3)31-17-38-28/h4-9,11-12,17-18,25,27H,10,13-16H2,1-3H3/t25-,27-/m0/s1. The van der Waals surface area contributed by atoms with Crippen molar-refractivity contribution in [3.63, 3.8) is 0 Å². The number of fused-ring (bicyclic) bond motifs is 1. The molecule has 0 aliphatic carbocycles. The second-order valence-corrected chi connectivity index (χ2v) is 11.3. The molecule has 1 aromatic heterocycles. The number of aromatic nitrogens is 1. The maximum atomic E-state index is 13.8. The Balaban J connectivity index is 1.27. The molecule has 2 atom stereocenters. The molecule has 2 aliphatic heterocycles. The molecule has 0 unspecified atom stereocenters. The third-order valence-corrected chi connectivity index (χ3v) is 8.47. The van der Waals surface area contributed by atoms with Gasteiger partial charge in [0.1, 0.15) is 6.04 Å². The van der Waals surface area contributed by atoms with Crippen LogP contribution >= 0.6 is 11.3 Å². The highest BCUT2D eigenvalue weighted by molar-refractivity contribution is 7.13. The third kappa shape index (κ3) is 4.92. The predicted molar refractivity (Wildman–Crippen MR) is 146 cm³/mol. The molecular formula is C30H31N3O4S. The van der Waals surface area contributed by atoms with E-state index in [-0.39, 0.29) is 48.7 Å². The van der Waals surface area contributed by atoms with Gasteiger partial charge in [-0.3, -0.25) is 19.2 Å². The normalized spacial score (nSPS) is 17.8. The summed E-state index contributed by atoms with van der Waals surface area (Å²) >= 11 is 1.60. The molecule has 0 radical (unpaired) electrons. The summed E-state index contributed by atoms with van der Waals surface area (Å²) in [6, 6.07) is 13.9. The highest BCUT2D eigenvalue weighted by Crippen LogP contribution is 2.30. The van der Waals surface area contributed by atoms with Gasteiger partial charge in [-0.25, -0.2) is 4.98 Å². The van der Waals surface area contributed by atoms with E-state index < -0.39 is 12.1 Å². The van der Waals surface area contributed by atoms with Gasteiger partial charge >= 0.3 is 0 Å². The first-order chi connectivity index (χ1) is 18.2. The Morgan fingerprint density at radius 2 is 1.79 bits per heavy atom. The predicted octanol–water partition coefficient (Wildman–Crippen LogP) is 4.47. The molecule has 8 heteroatoms. The Morgan fingerprint density at radius 1 is 1.05 bits per heavy atom. The Labute approximate surface area is 226 Å². The minimum atomic E-state index is -0.782. The van der Waals surface area contributed by atoms with Crippen LogP contribution < -0.4 is 0 Å². The number of Topliss-reactive ketones (excluding diaryl/α,β-unsaturated/α-hetero) is 2. The third-order valence-electron chi connectivity index (χ3n) is 7.49. The van der Waals surface area contributed by atoms with Gasteiger partial charge < -0.3 is 9.80 Å². The second-order valence-electron chi connectivity index (χ2n) is 10.4. The molecule has 38 heavy (non-hydrogen) atoms. The van der Waals surface area contributed by atoms with E-state index in [1.165, 1.54) is 4.90 Å². The van der Waals surface area contributed by atoms with E-state index in [1.807, 2.05) is 68.7 Å². The van der Waals surface area contributed by atoms with Crippen molar-refractivity contribution in [2.75, 3.05) is 6.54 Å². The minimum absolute atomic E-state index is 0.0349. The van der Waals surface area contributed by atoms with Gasteiger partial charge in [0, 0.05) is 24.9 Å². The molecule has 0 bridgehead atoms. The number of carbonyl (C=O) groups is 4. The number of benzene rings is 2. The van der Waals surface area contributed by atoms with Crippen molar-refractivity contribution in [1.29, 1.82) is 0 Å². The molecule has 2 amide bonds. The van der Waals surface area contributed by atoms with E-state index in [0.717, 1.165) is 27.3 Å². The maximum absolute atomic E-state index is 13.8. The number of nitrogens with zero attached hydrogens (tertiary/aromatic N) is 3. The van der Waals surface area contributed by atoms with Crippen LogP contribution in [0, 0.1) is 12.8 Å². The number of carbonyl (C=O) groups excluding carboxylic acids is 4. The number of hydrogen-bond donors (Lipinski definition) is 0. The smallest absolute Gasteiger partial charge is 0.255 e. The van der Waals surface area contributed by atoms with Crippen LogP contribution in [0.15, 0.2) is 54.0 Å². The Kier molecular flexibility index (Phi) is 7.25. The fraction of sp³-hybridized carbons (Fsp3) is 0.367. The molecule has 0 saturated carbocycles. The molecule has 0 N–H and O–H groups in total. The molecule has 5 rings (SSSR count). The summed E-state index contributed by atoms with van der Waals surface area (Å²) < 4.78 is 0. The highest BCUT2D eigenvalue weighted by Gasteiger charge is 2.45. The van der Waals surface area contributed by atoms with E-state index in [1.54, 1.807) is 22.3 Å². The molecule has 2 aliphatic rings. The molecule has 3 aromatic rings. The minimum Gasteiger partial charge on any atom is -0.323 e. The lowest BCUT2D eigenvalue weighted by Crippen LogP contribution is -2.54.